The van der Waals surface area contributed by atoms with E-state index in [1.807, 2.05) is 0 Å². The van der Waals surface area contributed by atoms with Gasteiger partial charge in [0.05, 0.1) is 29.6 Å². The summed E-state index contributed by atoms with van der Waals surface area (Å²) in [6.45, 7) is -0.300. The summed E-state index contributed by atoms with van der Waals surface area (Å²) in [5, 5.41) is 7.41. The molecule has 0 fully saturated rings. The number of anilines is 2. The van der Waals surface area contributed by atoms with Gasteiger partial charge in [-0.2, -0.15) is 5.10 Å². The van der Waals surface area contributed by atoms with Crippen molar-refractivity contribution in [1.82, 2.24) is 19.7 Å². The van der Waals surface area contributed by atoms with Crippen molar-refractivity contribution in [1.29, 1.82) is 0 Å². The van der Waals surface area contributed by atoms with E-state index in [4.69, 9.17) is 4.74 Å². The highest BCUT2D eigenvalue weighted by atomic mass is 16.5. The van der Waals surface area contributed by atoms with Crippen LogP contribution in [0.25, 0.3) is 16.7 Å². The Morgan fingerprint density at radius 3 is 2.74 bits per heavy atom. The smallest absolute Gasteiger partial charge is 0.265 e. The van der Waals surface area contributed by atoms with Gasteiger partial charge in [0.2, 0.25) is 5.91 Å². The van der Waals surface area contributed by atoms with Crippen molar-refractivity contribution in [3.8, 4) is 11.4 Å². The Hall–Kier alpha value is -4.47. The van der Waals surface area contributed by atoms with Crippen molar-refractivity contribution in [2.75, 3.05) is 23.4 Å². The Morgan fingerprint density at radius 1 is 1.10 bits per heavy atom. The standard InChI is InChI=1S/C21H16N6O4/c28-18(10-26-16-7-3-4-8-17(16)31-11-19(26)29)25-14-5-1-2-6-15(14)27-20-13(9-24-27)21(30)23-12-22-20/h1-9,12H,10-11H2,(H,25,28)(H,22,23,30). The van der Waals surface area contributed by atoms with E-state index in [0.29, 0.717) is 33.8 Å². The quantitative estimate of drug-likeness (QED) is 0.520. The van der Waals surface area contributed by atoms with Crippen LogP contribution in [0.4, 0.5) is 11.4 Å². The number of nitrogens with zero attached hydrogens (tertiary/aromatic N) is 4. The fourth-order valence-electron chi connectivity index (χ4n) is 3.46. The van der Waals surface area contributed by atoms with Gasteiger partial charge in [-0.25, -0.2) is 9.67 Å². The fourth-order valence-corrected chi connectivity index (χ4v) is 3.46. The number of aromatic nitrogens is 4. The number of hydrogen-bond donors (Lipinski definition) is 2. The predicted octanol–water partition coefficient (Wildman–Crippen LogP) is 1.47. The lowest BCUT2D eigenvalue weighted by Gasteiger charge is -2.28. The monoisotopic (exact) mass is 416 g/mol. The second kappa shape index (κ2) is 7.41. The van der Waals surface area contributed by atoms with E-state index < -0.39 is 0 Å². The van der Waals surface area contributed by atoms with Crippen molar-refractivity contribution in [3.63, 3.8) is 0 Å². The summed E-state index contributed by atoms with van der Waals surface area (Å²) in [5.74, 6) is -0.141. The third-order valence-electron chi connectivity index (χ3n) is 4.89. The number of hydrogen-bond acceptors (Lipinski definition) is 6. The lowest BCUT2D eigenvalue weighted by molar-refractivity contribution is -0.123. The summed E-state index contributed by atoms with van der Waals surface area (Å²) in [4.78, 5) is 45.2. The SMILES string of the molecule is O=C(CN1C(=O)COc2ccccc21)Nc1ccccc1-n1ncc2c(=O)[nH]cnc21. The number of amides is 2. The molecule has 154 valence electrons. The molecule has 2 N–H and O–H groups in total. The van der Waals surface area contributed by atoms with Gasteiger partial charge in [0.25, 0.3) is 11.5 Å². The second-order valence-corrected chi connectivity index (χ2v) is 6.83. The third-order valence-corrected chi connectivity index (χ3v) is 4.89. The number of para-hydroxylation sites is 4. The van der Waals surface area contributed by atoms with E-state index in [9.17, 15) is 14.4 Å². The first kappa shape index (κ1) is 18.6. The molecule has 1 aliphatic heterocycles. The zero-order valence-electron chi connectivity index (χ0n) is 16.1. The molecule has 3 heterocycles. The van der Waals surface area contributed by atoms with E-state index in [-0.39, 0.29) is 30.5 Å². The zero-order valence-corrected chi connectivity index (χ0v) is 16.1. The van der Waals surface area contributed by atoms with Gasteiger partial charge in [0, 0.05) is 0 Å². The minimum Gasteiger partial charge on any atom is -0.482 e. The van der Waals surface area contributed by atoms with E-state index >= 15 is 0 Å². The molecule has 5 rings (SSSR count). The number of benzene rings is 2. The molecule has 31 heavy (non-hydrogen) atoms. The summed E-state index contributed by atoms with van der Waals surface area (Å²) in [6, 6.07) is 14.1. The Morgan fingerprint density at radius 2 is 1.87 bits per heavy atom. The molecule has 2 amide bonds. The lowest BCUT2D eigenvalue weighted by atomic mass is 10.2. The van der Waals surface area contributed by atoms with E-state index in [1.54, 1.807) is 48.5 Å². The third kappa shape index (κ3) is 3.29. The Kier molecular flexibility index (Phi) is 4.43. The minimum atomic E-state index is -0.389. The molecule has 10 nitrogen and oxygen atoms in total. The van der Waals surface area contributed by atoms with Crippen LogP contribution < -0.4 is 20.5 Å². The van der Waals surface area contributed by atoms with Crippen LogP contribution in [-0.2, 0) is 9.59 Å². The van der Waals surface area contributed by atoms with Gasteiger partial charge in [-0.05, 0) is 24.3 Å². The first-order valence-electron chi connectivity index (χ1n) is 9.44. The predicted molar refractivity (Wildman–Crippen MR) is 112 cm³/mol. The normalized spacial score (nSPS) is 13.0. The van der Waals surface area contributed by atoms with Gasteiger partial charge in [0.15, 0.2) is 12.3 Å². The number of ether oxygens (including phenoxy) is 1. The van der Waals surface area contributed by atoms with Crippen molar-refractivity contribution >= 4 is 34.2 Å². The highest BCUT2D eigenvalue weighted by molar-refractivity contribution is 6.05. The molecule has 0 saturated carbocycles. The zero-order chi connectivity index (χ0) is 21.4. The summed E-state index contributed by atoms with van der Waals surface area (Å²) in [5.41, 5.74) is 1.61. The molecule has 0 aliphatic carbocycles. The van der Waals surface area contributed by atoms with Gasteiger partial charge in [0.1, 0.15) is 17.7 Å². The van der Waals surface area contributed by atoms with E-state index in [2.05, 4.69) is 20.4 Å². The molecule has 2 aromatic carbocycles. The molecule has 0 unspecified atom stereocenters. The molecule has 0 spiro atoms. The van der Waals surface area contributed by atoms with Crippen LogP contribution in [0.2, 0.25) is 0 Å². The first-order chi connectivity index (χ1) is 15.1. The van der Waals surface area contributed by atoms with Gasteiger partial charge in [-0.3, -0.25) is 19.3 Å². The maximum Gasteiger partial charge on any atom is 0.265 e. The number of carbonyl (C=O) groups excluding carboxylic acids is 2. The maximum absolute atomic E-state index is 12.8. The molecule has 0 radical (unpaired) electrons. The van der Waals surface area contributed by atoms with Crippen LogP contribution in [0.1, 0.15) is 0 Å². The fraction of sp³-hybridized carbons (Fsp3) is 0.0952. The first-order valence-corrected chi connectivity index (χ1v) is 9.44. The van der Waals surface area contributed by atoms with Gasteiger partial charge in [-0.15, -0.1) is 0 Å². The minimum absolute atomic E-state index is 0.125. The van der Waals surface area contributed by atoms with Crippen LogP contribution in [-0.4, -0.2) is 44.7 Å². The second-order valence-electron chi connectivity index (χ2n) is 6.83. The highest BCUT2D eigenvalue weighted by Crippen LogP contribution is 2.31. The molecule has 10 heteroatoms. The van der Waals surface area contributed by atoms with Crippen LogP contribution in [0.5, 0.6) is 5.75 Å². The van der Waals surface area contributed by atoms with Crippen molar-refractivity contribution < 1.29 is 14.3 Å². The largest absolute Gasteiger partial charge is 0.482 e. The van der Waals surface area contributed by atoms with Crippen LogP contribution in [0.3, 0.4) is 0 Å². The topological polar surface area (TPSA) is 122 Å². The number of H-pyrrole nitrogens is 1. The van der Waals surface area contributed by atoms with Crippen molar-refractivity contribution in [3.05, 3.63) is 71.4 Å². The Balaban J connectivity index is 1.44. The number of rotatable bonds is 4. The Labute approximate surface area is 175 Å². The average molecular weight is 416 g/mol. The molecule has 0 saturated heterocycles. The molecular weight excluding hydrogens is 400 g/mol. The van der Waals surface area contributed by atoms with Gasteiger partial charge in [-0.1, -0.05) is 24.3 Å². The summed E-state index contributed by atoms with van der Waals surface area (Å²) in [7, 11) is 0. The van der Waals surface area contributed by atoms with Gasteiger partial charge >= 0.3 is 0 Å². The summed E-state index contributed by atoms with van der Waals surface area (Å²) >= 11 is 0. The molecule has 4 aromatic rings. The highest BCUT2D eigenvalue weighted by Gasteiger charge is 2.27. The summed E-state index contributed by atoms with van der Waals surface area (Å²) < 4.78 is 6.90. The molecule has 2 aromatic heterocycles. The van der Waals surface area contributed by atoms with Crippen LogP contribution in [0.15, 0.2) is 65.8 Å². The van der Waals surface area contributed by atoms with Crippen LogP contribution >= 0.6 is 0 Å². The van der Waals surface area contributed by atoms with Gasteiger partial charge < -0.3 is 15.0 Å². The van der Waals surface area contributed by atoms with Crippen molar-refractivity contribution in [2.24, 2.45) is 0 Å². The average Bonchev–Trinajstić information content (AvgIpc) is 3.21. The molecular formula is C21H16N6O4. The Bertz CT molecular complexity index is 1380. The molecule has 1 aliphatic rings. The molecule has 0 atom stereocenters. The number of nitrogens with one attached hydrogen (secondary N) is 2. The maximum atomic E-state index is 12.8. The van der Waals surface area contributed by atoms with E-state index in [1.165, 1.54) is 22.1 Å². The van der Waals surface area contributed by atoms with Crippen LogP contribution in [0, 0.1) is 0 Å². The number of fused-ring (bicyclic) bond motifs is 2. The number of carbonyl (C=O) groups is 2. The molecule has 0 bridgehead atoms. The lowest BCUT2D eigenvalue weighted by Crippen LogP contribution is -2.43. The summed E-state index contributed by atoms with van der Waals surface area (Å²) in [6.07, 6.45) is 2.72. The van der Waals surface area contributed by atoms with E-state index in [0.717, 1.165) is 0 Å². The number of aromatic amines is 1. The van der Waals surface area contributed by atoms with Crippen molar-refractivity contribution in [2.45, 2.75) is 0 Å².